The lowest BCUT2D eigenvalue weighted by Gasteiger charge is -2.27. The van der Waals surface area contributed by atoms with Crippen molar-refractivity contribution in [3.8, 4) is 0 Å². The van der Waals surface area contributed by atoms with Gasteiger partial charge in [0.05, 0.1) is 12.1 Å². The number of aromatic nitrogens is 2. The third-order valence-corrected chi connectivity index (χ3v) is 8.63. The van der Waals surface area contributed by atoms with Crippen LogP contribution in [0, 0.1) is 0 Å². The van der Waals surface area contributed by atoms with Crippen molar-refractivity contribution in [1.29, 1.82) is 0 Å². The summed E-state index contributed by atoms with van der Waals surface area (Å²) in [5.74, 6) is 2.76. The van der Waals surface area contributed by atoms with Crippen LogP contribution in [0.4, 0.5) is 11.6 Å². The highest BCUT2D eigenvalue weighted by atomic mass is 16.6. The molecule has 4 aliphatic carbocycles. The molecule has 4 N–H and O–H groups in total. The van der Waals surface area contributed by atoms with Gasteiger partial charge in [-0.1, -0.05) is 77.0 Å². The SMILES string of the molecule is C1CCC(N=C(Nc2nonc2NC(=NC2CCCCC2)NC2CCCCC2)NC2CCCCC2)CC1. The molecule has 0 atom stereocenters. The summed E-state index contributed by atoms with van der Waals surface area (Å²) in [5.41, 5.74) is 0. The maximum Gasteiger partial charge on any atom is 0.222 e. The van der Waals surface area contributed by atoms with Crippen molar-refractivity contribution in [2.45, 2.75) is 153 Å². The van der Waals surface area contributed by atoms with Crippen molar-refractivity contribution in [2.75, 3.05) is 10.6 Å². The van der Waals surface area contributed by atoms with Gasteiger partial charge in [-0.15, -0.1) is 0 Å². The van der Waals surface area contributed by atoms with Crippen LogP contribution in [0.2, 0.25) is 0 Å². The van der Waals surface area contributed by atoms with E-state index >= 15 is 0 Å². The Balaban J connectivity index is 1.30. The molecule has 0 saturated heterocycles. The van der Waals surface area contributed by atoms with Crippen LogP contribution in [0.5, 0.6) is 0 Å². The van der Waals surface area contributed by atoms with E-state index in [1.54, 1.807) is 0 Å². The maximum atomic E-state index is 5.22. The van der Waals surface area contributed by atoms with Crippen LogP contribution in [0.1, 0.15) is 128 Å². The molecule has 37 heavy (non-hydrogen) atoms. The first-order valence-corrected chi connectivity index (χ1v) is 15.4. The lowest BCUT2D eigenvalue weighted by atomic mass is 9.95. The van der Waals surface area contributed by atoms with Crippen molar-refractivity contribution in [3.05, 3.63) is 0 Å². The van der Waals surface area contributed by atoms with Crippen molar-refractivity contribution in [1.82, 2.24) is 20.9 Å². The third kappa shape index (κ3) is 8.34. The van der Waals surface area contributed by atoms with Crippen LogP contribution < -0.4 is 21.3 Å². The standard InChI is InChI=1S/C28H48N8O/c1-5-13-21(14-6-1)29-27(30-22-15-7-2-8-16-22)33-25-26(36-37-35-25)34-28(31-23-17-9-3-10-18-23)32-24-19-11-4-12-20-24/h21-24H,1-20H2,(H2,29,30,33,35)(H2,31,32,34,36). The average molecular weight is 513 g/mol. The zero-order chi connectivity index (χ0) is 25.1. The molecule has 0 spiro atoms. The summed E-state index contributed by atoms with van der Waals surface area (Å²) < 4.78 is 5.22. The van der Waals surface area contributed by atoms with Crippen LogP contribution in [0.3, 0.4) is 0 Å². The number of aliphatic imine (C=N–C) groups is 2. The molecule has 9 heteroatoms. The monoisotopic (exact) mass is 512 g/mol. The van der Waals surface area contributed by atoms with E-state index in [9.17, 15) is 0 Å². The van der Waals surface area contributed by atoms with Gasteiger partial charge in [0.15, 0.2) is 11.9 Å². The maximum absolute atomic E-state index is 5.22. The van der Waals surface area contributed by atoms with E-state index < -0.39 is 0 Å². The zero-order valence-corrected chi connectivity index (χ0v) is 22.6. The van der Waals surface area contributed by atoms with Gasteiger partial charge < -0.3 is 21.3 Å². The lowest BCUT2D eigenvalue weighted by molar-refractivity contribution is 0.310. The summed E-state index contributed by atoms with van der Waals surface area (Å²) in [6.45, 7) is 0. The normalized spacial score (nSPS) is 24.1. The molecule has 1 aromatic heterocycles. The first-order valence-electron chi connectivity index (χ1n) is 15.4. The van der Waals surface area contributed by atoms with E-state index in [0.717, 1.165) is 37.6 Å². The Morgan fingerprint density at radius 2 is 0.865 bits per heavy atom. The number of nitrogens with one attached hydrogen (secondary N) is 4. The molecular formula is C28H48N8O. The number of anilines is 2. The molecule has 0 aromatic carbocycles. The lowest BCUT2D eigenvalue weighted by Crippen LogP contribution is -2.42. The fourth-order valence-corrected chi connectivity index (χ4v) is 6.45. The van der Waals surface area contributed by atoms with E-state index in [1.807, 2.05) is 0 Å². The minimum absolute atomic E-state index is 0.361. The van der Waals surface area contributed by atoms with Gasteiger partial charge in [0.1, 0.15) is 0 Å². The minimum Gasteiger partial charge on any atom is -0.353 e. The van der Waals surface area contributed by atoms with Gasteiger partial charge in [-0.05, 0) is 61.7 Å². The number of hydrogen-bond acceptors (Lipinski definition) is 5. The van der Waals surface area contributed by atoms with Crippen LogP contribution in [-0.2, 0) is 0 Å². The predicted octanol–water partition coefficient (Wildman–Crippen LogP) is 6.12. The molecule has 4 aliphatic rings. The van der Waals surface area contributed by atoms with Gasteiger partial charge in [0.2, 0.25) is 11.6 Å². The minimum atomic E-state index is 0.361. The molecule has 0 radical (unpaired) electrons. The molecule has 4 fully saturated rings. The Morgan fingerprint density at radius 3 is 1.24 bits per heavy atom. The van der Waals surface area contributed by atoms with E-state index in [4.69, 9.17) is 14.6 Å². The molecule has 0 amide bonds. The van der Waals surface area contributed by atoms with Crippen LogP contribution in [0.25, 0.3) is 0 Å². The highest BCUT2D eigenvalue weighted by Gasteiger charge is 2.23. The second kappa shape index (κ2) is 14.0. The highest BCUT2D eigenvalue weighted by molar-refractivity contribution is 5.99. The van der Waals surface area contributed by atoms with Gasteiger partial charge in [-0.3, -0.25) is 0 Å². The fourth-order valence-electron chi connectivity index (χ4n) is 6.45. The molecule has 206 valence electrons. The first kappa shape index (κ1) is 26.3. The smallest absolute Gasteiger partial charge is 0.222 e. The fraction of sp³-hybridized carbons (Fsp3) is 0.857. The summed E-state index contributed by atoms with van der Waals surface area (Å²) >= 11 is 0. The molecule has 9 nitrogen and oxygen atoms in total. The molecule has 1 heterocycles. The van der Waals surface area contributed by atoms with Crippen LogP contribution >= 0.6 is 0 Å². The first-order chi connectivity index (χ1) is 18.3. The summed E-state index contributed by atoms with van der Waals surface area (Å²) in [4.78, 5) is 10.2. The molecule has 0 bridgehead atoms. The van der Waals surface area contributed by atoms with Crippen LogP contribution in [0.15, 0.2) is 14.6 Å². The summed E-state index contributed by atoms with van der Waals surface area (Å²) in [6.07, 6.45) is 24.9. The quantitative estimate of drug-likeness (QED) is 0.268. The predicted molar refractivity (Wildman–Crippen MR) is 150 cm³/mol. The highest BCUT2D eigenvalue weighted by Crippen LogP contribution is 2.24. The molecular weight excluding hydrogens is 464 g/mol. The second-order valence-electron chi connectivity index (χ2n) is 11.7. The van der Waals surface area contributed by atoms with E-state index in [0.29, 0.717) is 35.8 Å². The largest absolute Gasteiger partial charge is 0.353 e. The Kier molecular flexibility index (Phi) is 9.95. The summed E-state index contributed by atoms with van der Waals surface area (Å²) in [7, 11) is 0. The number of rotatable bonds is 6. The van der Waals surface area contributed by atoms with Crippen molar-refractivity contribution < 1.29 is 4.63 Å². The molecule has 5 rings (SSSR count). The Bertz CT molecular complexity index is 791. The van der Waals surface area contributed by atoms with Crippen molar-refractivity contribution in [3.63, 3.8) is 0 Å². The van der Waals surface area contributed by atoms with Crippen molar-refractivity contribution >= 4 is 23.6 Å². The average Bonchev–Trinajstić information content (AvgIpc) is 3.37. The Labute approximate surface area is 222 Å². The van der Waals surface area contributed by atoms with E-state index in [-0.39, 0.29) is 0 Å². The topological polar surface area (TPSA) is 112 Å². The number of nitrogens with zero attached hydrogens (tertiary/aromatic N) is 4. The van der Waals surface area contributed by atoms with E-state index in [1.165, 1.54) is 103 Å². The van der Waals surface area contributed by atoms with Crippen LogP contribution in [-0.4, -0.2) is 46.4 Å². The summed E-state index contributed by atoms with van der Waals surface area (Å²) in [6, 6.07) is 1.63. The van der Waals surface area contributed by atoms with E-state index in [2.05, 4.69) is 31.6 Å². The Hall–Kier alpha value is -2.32. The van der Waals surface area contributed by atoms with Gasteiger partial charge in [-0.25, -0.2) is 14.6 Å². The van der Waals surface area contributed by atoms with Crippen molar-refractivity contribution in [2.24, 2.45) is 9.98 Å². The van der Waals surface area contributed by atoms with Gasteiger partial charge in [0, 0.05) is 12.1 Å². The molecule has 4 saturated carbocycles. The zero-order valence-electron chi connectivity index (χ0n) is 22.6. The number of guanidine groups is 2. The van der Waals surface area contributed by atoms with Gasteiger partial charge in [0.25, 0.3) is 0 Å². The molecule has 1 aromatic rings. The second-order valence-corrected chi connectivity index (χ2v) is 11.7. The third-order valence-electron chi connectivity index (χ3n) is 8.63. The van der Waals surface area contributed by atoms with Gasteiger partial charge in [-0.2, -0.15) is 0 Å². The molecule has 0 unspecified atom stereocenters. The number of hydrogen-bond donors (Lipinski definition) is 4. The molecule has 0 aliphatic heterocycles. The van der Waals surface area contributed by atoms with Gasteiger partial charge >= 0.3 is 0 Å². The Morgan fingerprint density at radius 1 is 0.514 bits per heavy atom. The summed E-state index contributed by atoms with van der Waals surface area (Å²) in [5, 5.41) is 22.8.